The summed E-state index contributed by atoms with van der Waals surface area (Å²) >= 11 is 0. The predicted molar refractivity (Wildman–Crippen MR) is 99.4 cm³/mol. The topological polar surface area (TPSA) is 49.4 Å². The molecule has 2 aromatic rings. The van der Waals surface area contributed by atoms with Crippen molar-refractivity contribution in [2.45, 2.75) is 32.1 Å². The molecule has 4 heteroatoms. The van der Waals surface area contributed by atoms with Gasteiger partial charge in [0.1, 0.15) is 0 Å². The number of anilines is 1. The van der Waals surface area contributed by atoms with E-state index in [1.165, 1.54) is 0 Å². The monoisotopic (exact) mass is 336 g/mol. The Labute approximate surface area is 148 Å². The average molecular weight is 336 g/mol. The molecule has 0 atom stereocenters. The first kappa shape index (κ1) is 17.2. The second kappa shape index (κ2) is 8.47. The van der Waals surface area contributed by atoms with E-state index in [-0.39, 0.29) is 11.8 Å². The van der Waals surface area contributed by atoms with E-state index in [1.54, 1.807) is 0 Å². The summed E-state index contributed by atoms with van der Waals surface area (Å²) in [7, 11) is 0. The van der Waals surface area contributed by atoms with Gasteiger partial charge in [0.15, 0.2) is 0 Å². The van der Waals surface area contributed by atoms with Gasteiger partial charge in [0.25, 0.3) is 0 Å². The third kappa shape index (κ3) is 5.18. The summed E-state index contributed by atoms with van der Waals surface area (Å²) in [6.07, 6.45) is 3.92. The first-order valence-electron chi connectivity index (χ1n) is 8.91. The van der Waals surface area contributed by atoms with Crippen LogP contribution in [0, 0.1) is 0 Å². The highest BCUT2D eigenvalue weighted by molar-refractivity contribution is 5.92. The highest BCUT2D eigenvalue weighted by atomic mass is 16.2. The van der Waals surface area contributed by atoms with E-state index in [0.717, 1.165) is 49.2 Å². The van der Waals surface area contributed by atoms with Crippen LogP contribution in [0.2, 0.25) is 0 Å². The number of aryl methyl sites for hydroxylation is 1. The van der Waals surface area contributed by atoms with Gasteiger partial charge in [0, 0.05) is 25.2 Å². The number of nitrogens with one attached hydrogen (secondary N) is 1. The Hall–Kier alpha value is -2.62. The molecule has 1 N–H and O–H groups in total. The largest absolute Gasteiger partial charge is 0.343 e. The predicted octanol–water partition coefficient (Wildman–Crippen LogP) is 3.42. The zero-order valence-corrected chi connectivity index (χ0v) is 14.4. The molecule has 0 radical (unpaired) electrons. The highest BCUT2D eigenvalue weighted by Gasteiger charge is 2.17. The van der Waals surface area contributed by atoms with E-state index in [4.69, 9.17) is 0 Å². The molecule has 0 bridgehead atoms. The van der Waals surface area contributed by atoms with Gasteiger partial charge >= 0.3 is 0 Å². The Balaban J connectivity index is 1.46. The van der Waals surface area contributed by atoms with Gasteiger partial charge in [-0.05, 0) is 42.5 Å². The van der Waals surface area contributed by atoms with Crippen LogP contribution in [0.4, 0.5) is 5.69 Å². The molecule has 1 aliphatic rings. The molecule has 1 heterocycles. The molecule has 1 fully saturated rings. The number of benzene rings is 2. The molecule has 2 amide bonds. The number of hydrogen-bond acceptors (Lipinski definition) is 2. The molecule has 0 spiro atoms. The zero-order valence-electron chi connectivity index (χ0n) is 14.4. The van der Waals surface area contributed by atoms with Gasteiger partial charge in [0.2, 0.25) is 11.8 Å². The van der Waals surface area contributed by atoms with E-state index < -0.39 is 0 Å². The van der Waals surface area contributed by atoms with Crippen LogP contribution in [0.5, 0.6) is 0 Å². The summed E-state index contributed by atoms with van der Waals surface area (Å²) in [5, 5.41) is 2.91. The van der Waals surface area contributed by atoms with Crippen molar-refractivity contribution in [2.75, 3.05) is 18.4 Å². The molecule has 2 aromatic carbocycles. The van der Waals surface area contributed by atoms with Crippen LogP contribution >= 0.6 is 0 Å². The summed E-state index contributed by atoms with van der Waals surface area (Å²) in [6.45, 7) is 1.82. The molecule has 0 aromatic heterocycles. The minimum Gasteiger partial charge on any atom is -0.343 e. The molecule has 0 aliphatic carbocycles. The second-order valence-corrected chi connectivity index (χ2v) is 6.50. The molecule has 130 valence electrons. The first-order valence-corrected chi connectivity index (χ1v) is 8.91. The number of carbonyl (C=O) groups is 2. The lowest BCUT2D eigenvalue weighted by Crippen LogP contribution is -2.27. The van der Waals surface area contributed by atoms with E-state index in [0.29, 0.717) is 12.8 Å². The maximum absolute atomic E-state index is 12.1. The van der Waals surface area contributed by atoms with E-state index in [2.05, 4.69) is 5.32 Å². The third-order valence-electron chi connectivity index (χ3n) is 4.53. The van der Waals surface area contributed by atoms with Gasteiger partial charge in [-0.1, -0.05) is 42.5 Å². The molecule has 25 heavy (non-hydrogen) atoms. The molecular formula is C21H24N2O2. The molecule has 3 rings (SSSR count). The quantitative estimate of drug-likeness (QED) is 0.879. The van der Waals surface area contributed by atoms with Crippen molar-refractivity contribution in [2.24, 2.45) is 0 Å². The van der Waals surface area contributed by atoms with Crippen molar-refractivity contribution in [1.82, 2.24) is 4.90 Å². The lowest BCUT2D eigenvalue weighted by Gasteiger charge is -2.15. The van der Waals surface area contributed by atoms with Crippen LogP contribution in [0.15, 0.2) is 54.6 Å². The third-order valence-corrected chi connectivity index (χ3v) is 4.53. The molecule has 4 nitrogen and oxygen atoms in total. The molecule has 0 unspecified atom stereocenters. The number of amides is 2. The number of nitrogens with zero attached hydrogens (tertiary/aromatic N) is 1. The smallest absolute Gasteiger partial charge is 0.228 e. The average Bonchev–Trinajstić information content (AvgIpc) is 3.16. The van der Waals surface area contributed by atoms with Crippen molar-refractivity contribution < 1.29 is 9.59 Å². The maximum Gasteiger partial charge on any atom is 0.228 e. The number of rotatable bonds is 6. The highest BCUT2D eigenvalue weighted by Crippen LogP contribution is 2.14. The van der Waals surface area contributed by atoms with Crippen LogP contribution in [-0.2, 0) is 22.4 Å². The Morgan fingerprint density at radius 2 is 1.56 bits per heavy atom. The minimum atomic E-state index is -0.0249. The fourth-order valence-corrected chi connectivity index (χ4v) is 3.12. The van der Waals surface area contributed by atoms with Crippen LogP contribution in [0.25, 0.3) is 0 Å². The summed E-state index contributed by atoms with van der Waals surface area (Å²) in [4.78, 5) is 26.1. The van der Waals surface area contributed by atoms with Crippen molar-refractivity contribution >= 4 is 17.5 Å². The van der Waals surface area contributed by atoms with Gasteiger partial charge in [-0.2, -0.15) is 0 Å². The van der Waals surface area contributed by atoms with Crippen LogP contribution in [0.3, 0.4) is 0 Å². The summed E-state index contributed by atoms with van der Waals surface area (Å²) < 4.78 is 0. The lowest BCUT2D eigenvalue weighted by atomic mass is 10.1. The fraction of sp³-hybridized carbons (Fsp3) is 0.333. The van der Waals surface area contributed by atoms with Crippen molar-refractivity contribution in [3.8, 4) is 0 Å². The second-order valence-electron chi connectivity index (χ2n) is 6.50. The van der Waals surface area contributed by atoms with E-state index >= 15 is 0 Å². The normalized spacial score (nSPS) is 13.7. The van der Waals surface area contributed by atoms with E-state index in [9.17, 15) is 9.59 Å². The molecule has 1 saturated heterocycles. The number of carbonyl (C=O) groups excluding carboxylic acids is 2. The molecule has 1 aliphatic heterocycles. The Kier molecular flexibility index (Phi) is 5.83. The molecular weight excluding hydrogens is 312 g/mol. The van der Waals surface area contributed by atoms with Gasteiger partial charge in [0.05, 0.1) is 6.42 Å². The van der Waals surface area contributed by atoms with Gasteiger partial charge < -0.3 is 10.2 Å². The van der Waals surface area contributed by atoms with Gasteiger partial charge in [-0.3, -0.25) is 9.59 Å². The lowest BCUT2D eigenvalue weighted by molar-refractivity contribution is -0.130. The van der Waals surface area contributed by atoms with Crippen molar-refractivity contribution in [1.29, 1.82) is 0 Å². The maximum atomic E-state index is 12.1. The standard InChI is InChI=1S/C21H24N2O2/c24-20(16-18-6-2-1-3-7-18)22-19-11-8-17(9-12-19)10-13-21(25)23-14-4-5-15-23/h1-3,6-9,11-12H,4-5,10,13-16H2,(H,22,24). The van der Waals surface area contributed by atoms with Crippen LogP contribution < -0.4 is 5.32 Å². The van der Waals surface area contributed by atoms with Crippen LogP contribution in [0.1, 0.15) is 30.4 Å². The van der Waals surface area contributed by atoms with E-state index in [1.807, 2.05) is 59.5 Å². The Morgan fingerprint density at radius 3 is 2.24 bits per heavy atom. The Morgan fingerprint density at radius 1 is 0.880 bits per heavy atom. The molecule has 0 saturated carbocycles. The van der Waals surface area contributed by atoms with Gasteiger partial charge in [-0.25, -0.2) is 0 Å². The van der Waals surface area contributed by atoms with Crippen molar-refractivity contribution in [3.63, 3.8) is 0 Å². The number of hydrogen-bond donors (Lipinski definition) is 1. The Bertz CT molecular complexity index is 704. The van der Waals surface area contributed by atoms with Gasteiger partial charge in [-0.15, -0.1) is 0 Å². The summed E-state index contributed by atoms with van der Waals surface area (Å²) in [5.74, 6) is 0.223. The SMILES string of the molecule is O=C(Cc1ccccc1)Nc1ccc(CCC(=O)N2CCCC2)cc1. The summed E-state index contributed by atoms with van der Waals surface area (Å²) in [6, 6.07) is 17.5. The zero-order chi connectivity index (χ0) is 17.5. The first-order chi connectivity index (χ1) is 12.2. The number of likely N-dealkylation sites (tertiary alicyclic amines) is 1. The fourth-order valence-electron chi connectivity index (χ4n) is 3.12. The van der Waals surface area contributed by atoms with Crippen LogP contribution in [-0.4, -0.2) is 29.8 Å². The summed E-state index contributed by atoms with van der Waals surface area (Å²) in [5.41, 5.74) is 2.90. The van der Waals surface area contributed by atoms with Crippen molar-refractivity contribution in [3.05, 3.63) is 65.7 Å². The minimum absolute atomic E-state index is 0.0249.